The van der Waals surface area contributed by atoms with E-state index in [2.05, 4.69) is 10.3 Å². The Balaban J connectivity index is 1.61. The first kappa shape index (κ1) is 19.8. The van der Waals surface area contributed by atoms with Gasteiger partial charge in [0.15, 0.2) is 5.16 Å². The van der Waals surface area contributed by atoms with E-state index in [1.165, 1.54) is 31.0 Å². The van der Waals surface area contributed by atoms with Gasteiger partial charge in [0, 0.05) is 12.6 Å². The van der Waals surface area contributed by atoms with Crippen LogP contribution < -0.4 is 10.1 Å². The molecule has 1 aromatic carbocycles. The molecule has 1 saturated carbocycles. The van der Waals surface area contributed by atoms with E-state index in [9.17, 15) is 9.90 Å². The number of aliphatic hydroxyl groups excluding tert-OH is 1. The Bertz CT molecular complexity index is 739. The van der Waals surface area contributed by atoms with Crippen LogP contribution in [0.5, 0.6) is 5.75 Å². The fraction of sp³-hybridized carbons (Fsp3) is 0.500. The minimum atomic E-state index is -0.0853. The van der Waals surface area contributed by atoms with Gasteiger partial charge in [0.2, 0.25) is 5.91 Å². The number of aromatic nitrogens is 2. The van der Waals surface area contributed by atoms with Gasteiger partial charge >= 0.3 is 0 Å². The molecule has 1 aromatic heterocycles. The van der Waals surface area contributed by atoms with E-state index in [0.29, 0.717) is 18.3 Å². The second kappa shape index (κ2) is 9.80. The van der Waals surface area contributed by atoms with Gasteiger partial charge in [-0.05, 0) is 30.5 Å². The molecule has 0 radical (unpaired) electrons. The van der Waals surface area contributed by atoms with E-state index in [4.69, 9.17) is 4.74 Å². The molecule has 0 bridgehead atoms. The topological polar surface area (TPSA) is 76.4 Å². The number of hydrogen-bond donors (Lipinski definition) is 2. The van der Waals surface area contributed by atoms with Gasteiger partial charge in [0.05, 0.1) is 31.4 Å². The van der Waals surface area contributed by atoms with E-state index < -0.39 is 0 Å². The van der Waals surface area contributed by atoms with Crippen molar-refractivity contribution >= 4 is 17.7 Å². The highest BCUT2D eigenvalue weighted by Gasteiger charge is 2.17. The molecule has 7 heteroatoms. The highest BCUT2D eigenvalue weighted by atomic mass is 32.2. The molecule has 0 saturated heterocycles. The number of ether oxygens (including phenoxy) is 1. The maximum absolute atomic E-state index is 12.3. The van der Waals surface area contributed by atoms with Gasteiger partial charge in [-0.25, -0.2) is 4.98 Å². The van der Waals surface area contributed by atoms with Crippen molar-refractivity contribution < 1.29 is 14.6 Å². The zero-order valence-corrected chi connectivity index (χ0v) is 16.5. The van der Waals surface area contributed by atoms with Gasteiger partial charge in [0.1, 0.15) is 5.75 Å². The summed E-state index contributed by atoms with van der Waals surface area (Å²) in [7, 11) is 1.64. The smallest absolute Gasteiger partial charge is 0.230 e. The van der Waals surface area contributed by atoms with Crippen LogP contribution in [0.25, 0.3) is 0 Å². The lowest BCUT2D eigenvalue weighted by atomic mass is 9.95. The Kier molecular flexibility index (Phi) is 7.18. The summed E-state index contributed by atoms with van der Waals surface area (Å²) in [5.41, 5.74) is 1.82. The van der Waals surface area contributed by atoms with Crippen LogP contribution in [-0.2, 0) is 17.9 Å². The molecule has 1 heterocycles. The molecule has 1 fully saturated rings. The molecule has 1 amide bonds. The normalized spacial score (nSPS) is 14.9. The second-order valence-electron chi connectivity index (χ2n) is 6.82. The molecule has 0 aliphatic heterocycles. The summed E-state index contributed by atoms with van der Waals surface area (Å²) in [5, 5.41) is 13.5. The summed E-state index contributed by atoms with van der Waals surface area (Å²) in [6.07, 6.45) is 7.50. The third-order valence-corrected chi connectivity index (χ3v) is 5.86. The number of imidazole rings is 1. The van der Waals surface area contributed by atoms with Gasteiger partial charge in [-0.2, -0.15) is 0 Å². The second-order valence-corrected chi connectivity index (χ2v) is 7.76. The maximum Gasteiger partial charge on any atom is 0.230 e. The van der Waals surface area contributed by atoms with Gasteiger partial charge in [-0.15, -0.1) is 0 Å². The molecule has 2 N–H and O–H groups in total. The molecule has 27 heavy (non-hydrogen) atoms. The van der Waals surface area contributed by atoms with Crippen LogP contribution >= 0.6 is 11.8 Å². The summed E-state index contributed by atoms with van der Waals surface area (Å²) >= 11 is 1.41. The summed E-state index contributed by atoms with van der Waals surface area (Å²) < 4.78 is 7.15. The zero-order chi connectivity index (χ0) is 19.1. The van der Waals surface area contributed by atoms with Gasteiger partial charge in [-0.3, -0.25) is 4.79 Å². The first-order chi connectivity index (χ1) is 13.2. The zero-order valence-electron chi connectivity index (χ0n) is 15.7. The molecule has 0 spiro atoms. The lowest BCUT2D eigenvalue weighted by molar-refractivity contribution is -0.119. The highest BCUT2D eigenvalue weighted by Crippen LogP contribution is 2.22. The molecule has 3 rings (SSSR count). The van der Waals surface area contributed by atoms with E-state index in [1.807, 2.05) is 28.8 Å². The Morgan fingerprint density at radius 3 is 2.70 bits per heavy atom. The summed E-state index contributed by atoms with van der Waals surface area (Å²) in [6.45, 7) is 0.504. The van der Waals surface area contributed by atoms with Crippen LogP contribution in [0.15, 0.2) is 35.6 Å². The molecule has 2 aromatic rings. The minimum absolute atomic E-state index is 0.0523. The first-order valence-corrected chi connectivity index (χ1v) is 10.4. The number of carbonyl (C=O) groups excluding carboxylic acids is 1. The summed E-state index contributed by atoms with van der Waals surface area (Å²) in [5.74, 6) is 1.19. The Morgan fingerprint density at radius 1 is 1.30 bits per heavy atom. The molecular formula is C20H27N3O3S. The van der Waals surface area contributed by atoms with E-state index in [-0.39, 0.29) is 12.5 Å². The van der Waals surface area contributed by atoms with Crippen molar-refractivity contribution in [3.8, 4) is 5.75 Å². The van der Waals surface area contributed by atoms with Crippen molar-refractivity contribution in [3.63, 3.8) is 0 Å². The van der Waals surface area contributed by atoms with Crippen LogP contribution in [0.3, 0.4) is 0 Å². The standard InChI is InChI=1S/C20H27N3O3S/c1-26-18-9-7-15(8-10-18)12-23-17(13-24)11-21-20(23)27-14-19(25)22-16-5-3-2-4-6-16/h7-11,16,24H,2-6,12-14H2,1H3,(H,22,25). The number of benzene rings is 1. The van der Waals surface area contributed by atoms with Crippen LogP contribution in [0.4, 0.5) is 0 Å². The van der Waals surface area contributed by atoms with E-state index >= 15 is 0 Å². The Labute approximate surface area is 164 Å². The molecule has 6 nitrogen and oxygen atoms in total. The van der Waals surface area contributed by atoms with Gasteiger partial charge in [-0.1, -0.05) is 43.2 Å². The van der Waals surface area contributed by atoms with Crippen LogP contribution in [0.2, 0.25) is 0 Å². The molecule has 146 valence electrons. The summed E-state index contributed by atoms with van der Waals surface area (Å²) in [4.78, 5) is 16.7. The number of nitrogens with zero attached hydrogens (tertiary/aromatic N) is 2. The number of nitrogens with one attached hydrogen (secondary N) is 1. The maximum atomic E-state index is 12.3. The quantitative estimate of drug-likeness (QED) is 0.679. The predicted octanol–water partition coefficient (Wildman–Crippen LogP) is 2.97. The fourth-order valence-corrected chi connectivity index (χ4v) is 4.17. The largest absolute Gasteiger partial charge is 0.497 e. The number of hydrogen-bond acceptors (Lipinski definition) is 5. The third kappa shape index (κ3) is 5.49. The first-order valence-electron chi connectivity index (χ1n) is 9.40. The Morgan fingerprint density at radius 2 is 2.04 bits per heavy atom. The van der Waals surface area contributed by atoms with Crippen molar-refractivity contribution in [3.05, 3.63) is 41.7 Å². The monoisotopic (exact) mass is 389 g/mol. The Hall–Kier alpha value is -1.99. The van der Waals surface area contributed by atoms with E-state index in [0.717, 1.165) is 35.0 Å². The fourth-order valence-electron chi connectivity index (χ4n) is 3.36. The average molecular weight is 390 g/mol. The molecule has 0 unspecified atom stereocenters. The van der Waals surface area contributed by atoms with Crippen molar-refractivity contribution in [2.75, 3.05) is 12.9 Å². The summed E-state index contributed by atoms with van der Waals surface area (Å²) in [6, 6.07) is 8.12. The van der Waals surface area contributed by atoms with Crippen LogP contribution in [0.1, 0.15) is 43.4 Å². The number of thioether (sulfide) groups is 1. The number of carbonyl (C=O) groups is 1. The molecular weight excluding hydrogens is 362 g/mol. The third-order valence-electron chi connectivity index (χ3n) is 4.87. The number of amides is 1. The van der Waals surface area contributed by atoms with Gasteiger partial charge in [0.25, 0.3) is 0 Å². The van der Waals surface area contributed by atoms with Crippen LogP contribution in [-0.4, -0.2) is 39.5 Å². The minimum Gasteiger partial charge on any atom is -0.497 e. The molecule has 0 atom stereocenters. The van der Waals surface area contributed by atoms with Crippen molar-refractivity contribution in [2.24, 2.45) is 0 Å². The average Bonchev–Trinajstić information content (AvgIpc) is 3.09. The molecule has 1 aliphatic carbocycles. The van der Waals surface area contributed by atoms with Gasteiger partial charge < -0.3 is 19.7 Å². The number of rotatable bonds is 8. The lowest BCUT2D eigenvalue weighted by Gasteiger charge is -2.22. The van der Waals surface area contributed by atoms with Crippen molar-refractivity contribution in [1.29, 1.82) is 0 Å². The number of methoxy groups -OCH3 is 1. The number of aliphatic hydroxyl groups is 1. The van der Waals surface area contributed by atoms with Crippen molar-refractivity contribution in [1.82, 2.24) is 14.9 Å². The van der Waals surface area contributed by atoms with E-state index in [1.54, 1.807) is 13.3 Å². The molecule has 1 aliphatic rings. The van der Waals surface area contributed by atoms with Crippen LogP contribution in [0, 0.1) is 0 Å². The highest BCUT2D eigenvalue weighted by molar-refractivity contribution is 7.99. The SMILES string of the molecule is COc1ccc(Cn2c(CO)cnc2SCC(=O)NC2CCCCC2)cc1. The van der Waals surface area contributed by atoms with Crippen molar-refractivity contribution in [2.45, 2.75) is 56.5 Å². The predicted molar refractivity (Wildman–Crippen MR) is 106 cm³/mol. The lowest BCUT2D eigenvalue weighted by Crippen LogP contribution is -2.37.